The smallest absolute Gasteiger partial charge is 0.407 e. The third-order valence-corrected chi connectivity index (χ3v) is 10.4. The highest BCUT2D eigenvalue weighted by Crippen LogP contribution is 2.12. The molecule has 0 aromatic carbocycles. The molecule has 0 radical (unpaired) electrons. The van der Waals surface area contributed by atoms with Crippen molar-refractivity contribution in [2.45, 2.75) is 180 Å². The Morgan fingerprint density at radius 1 is 0.613 bits per heavy atom. The number of aliphatic hydroxyl groups is 2. The lowest BCUT2D eigenvalue weighted by Gasteiger charge is -2.26. The van der Waals surface area contributed by atoms with Gasteiger partial charge >= 0.3 is 12.1 Å². The molecule has 0 spiro atoms. The van der Waals surface area contributed by atoms with E-state index in [0.29, 0.717) is 0 Å². The Hall–Kier alpha value is -7.17. The van der Waals surface area contributed by atoms with Crippen LogP contribution in [0.25, 0.3) is 0 Å². The van der Waals surface area contributed by atoms with Gasteiger partial charge in [-0.05, 0) is 92.9 Å². The number of rotatable bonds is 31. The fourth-order valence-corrected chi connectivity index (χ4v) is 6.77. The summed E-state index contributed by atoms with van der Waals surface area (Å²) in [6, 6.07) is -11.6. The number of carbonyl (C=O) groups excluding carboxylic acids is 13. The number of nitrogens with two attached hydrogens (primary N) is 2. The SMILES string of the molecule is CC(C)C[C@@H](NC(=O)CNC(=O)[C@H](CCC(N)=O)NC(=O)[C@H](CO)NC(=O)[C@H](CCCCNC(=O)OC(C)(C)C)NC(=O)[C@H](C)NC(=O)[C@@H]1CCC(=O)N1)C(=O)N[C@@H](CO)C(=O)N[C@@H](CC(N)=O)C(=O)OC(C)(C)C. The number of amides is 12. The van der Waals surface area contributed by atoms with E-state index in [2.05, 4.69) is 53.2 Å². The van der Waals surface area contributed by atoms with Gasteiger partial charge in [0.25, 0.3) is 0 Å². The van der Waals surface area contributed by atoms with E-state index < -0.39 is 170 Å². The molecule has 1 fully saturated rings. The van der Waals surface area contributed by atoms with Gasteiger partial charge in [-0.3, -0.25) is 52.7 Å². The second-order valence-electron chi connectivity index (χ2n) is 20.2. The molecule has 16 N–H and O–H groups in total. The van der Waals surface area contributed by atoms with E-state index in [4.69, 9.17) is 20.9 Å². The highest BCUT2D eigenvalue weighted by atomic mass is 16.6. The number of unbranched alkanes of at least 4 members (excludes halogenated alkanes) is 1. The van der Waals surface area contributed by atoms with Gasteiger partial charge in [0.2, 0.25) is 65.0 Å². The maximum atomic E-state index is 13.7. The zero-order chi connectivity index (χ0) is 57.4. The van der Waals surface area contributed by atoms with Gasteiger partial charge in [0.1, 0.15) is 59.5 Å². The summed E-state index contributed by atoms with van der Waals surface area (Å²) < 4.78 is 10.4. The third kappa shape index (κ3) is 27.1. The molecule has 0 saturated carbocycles. The van der Waals surface area contributed by atoms with Crippen molar-refractivity contribution in [1.82, 2.24) is 53.2 Å². The lowest BCUT2D eigenvalue weighted by Crippen LogP contribution is -2.59. The van der Waals surface area contributed by atoms with Gasteiger partial charge in [0.15, 0.2) is 0 Å². The number of alkyl carbamates (subject to hydrolysis) is 1. The van der Waals surface area contributed by atoms with Gasteiger partial charge in [-0.25, -0.2) is 9.59 Å². The Kier molecular flexibility index (Phi) is 27.7. The Labute approximate surface area is 434 Å². The molecule has 12 amide bonds. The van der Waals surface area contributed by atoms with Crippen LogP contribution in [0.15, 0.2) is 0 Å². The van der Waals surface area contributed by atoms with Crippen molar-refractivity contribution in [2.24, 2.45) is 17.4 Å². The molecule has 424 valence electrons. The standard InChI is InChI=1S/C46H78N12O17/c1-23(2)18-28(40(69)58-31(22-60)42(71)56-29(19-33(48)62)43(72)74-45(4,5)6)53-35(64)20-50-37(66)26(13-15-32(47)61)55-41(70)30(21-59)57-39(68)25(12-10-11-17-49-44(73)75-46(7,8)9)54-36(65)24(3)51-38(67)27-14-16-34(63)52-27/h23-31,59-60H,10-22H2,1-9H3,(H2,47,61)(H2,48,62)(H,49,73)(H,50,66)(H,51,67)(H,52,63)(H,53,64)(H,54,65)(H,55,70)(H,56,71)(H,57,68)(H,58,69)/t24-,25-,26-,27-,28+,29-,30-,31-/m0/s1. The van der Waals surface area contributed by atoms with E-state index >= 15 is 0 Å². The van der Waals surface area contributed by atoms with Crippen LogP contribution in [-0.2, 0) is 67.0 Å². The predicted molar refractivity (Wildman–Crippen MR) is 263 cm³/mol. The Bertz CT molecular complexity index is 2060. The van der Waals surface area contributed by atoms with Crippen LogP contribution >= 0.6 is 0 Å². The van der Waals surface area contributed by atoms with Crippen molar-refractivity contribution >= 4 is 77.0 Å². The van der Waals surface area contributed by atoms with Crippen LogP contribution in [0.1, 0.15) is 120 Å². The van der Waals surface area contributed by atoms with E-state index in [1.54, 1.807) is 55.4 Å². The minimum absolute atomic E-state index is 0.0359. The molecule has 75 heavy (non-hydrogen) atoms. The number of hydrogen-bond acceptors (Lipinski definition) is 17. The van der Waals surface area contributed by atoms with E-state index in [1.165, 1.54) is 6.92 Å². The number of nitrogens with one attached hydrogen (secondary N) is 10. The number of hydrogen-bond donors (Lipinski definition) is 14. The monoisotopic (exact) mass is 1070 g/mol. The van der Waals surface area contributed by atoms with Gasteiger partial charge in [-0.2, -0.15) is 0 Å². The number of primary amides is 2. The number of aliphatic hydroxyl groups excluding tert-OH is 2. The van der Waals surface area contributed by atoms with Gasteiger partial charge in [0.05, 0.1) is 26.2 Å². The van der Waals surface area contributed by atoms with E-state index in [9.17, 15) is 72.5 Å². The molecule has 1 saturated heterocycles. The van der Waals surface area contributed by atoms with Crippen LogP contribution in [0.3, 0.4) is 0 Å². The summed E-state index contributed by atoms with van der Waals surface area (Å²) in [6.07, 6.45) is -1.62. The molecule has 1 aliphatic heterocycles. The van der Waals surface area contributed by atoms with Crippen molar-refractivity contribution < 1.29 is 82.0 Å². The molecule has 0 aromatic rings. The van der Waals surface area contributed by atoms with Crippen molar-refractivity contribution in [3.63, 3.8) is 0 Å². The maximum absolute atomic E-state index is 13.7. The lowest BCUT2D eigenvalue weighted by molar-refractivity contribution is -0.159. The number of carbonyl (C=O) groups is 13. The second kappa shape index (κ2) is 31.5. The zero-order valence-corrected chi connectivity index (χ0v) is 44.1. The molecule has 1 heterocycles. The first-order valence-electron chi connectivity index (χ1n) is 24.4. The lowest BCUT2D eigenvalue weighted by atomic mass is 10.0. The number of ether oxygens (including phenoxy) is 2. The topological polar surface area (TPSA) is 453 Å². The average molecular weight is 1070 g/mol. The van der Waals surface area contributed by atoms with Crippen LogP contribution < -0.4 is 64.6 Å². The maximum Gasteiger partial charge on any atom is 0.407 e. The summed E-state index contributed by atoms with van der Waals surface area (Å²) in [5.74, 6) is -11.2. The molecule has 0 aliphatic carbocycles. The summed E-state index contributed by atoms with van der Waals surface area (Å²) >= 11 is 0. The Balaban J connectivity index is 3.16. The third-order valence-electron chi connectivity index (χ3n) is 10.4. The summed E-state index contributed by atoms with van der Waals surface area (Å²) in [5, 5.41) is 44.0. The van der Waals surface area contributed by atoms with Crippen LogP contribution in [0.4, 0.5) is 4.79 Å². The number of esters is 1. The Morgan fingerprint density at radius 3 is 1.61 bits per heavy atom. The summed E-state index contributed by atoms with van der Waals surface area (Å²) in [4.78, 5) is 166. The molecule has 1 rings (SSSR count). The summed E-state index contributed by atoms with van der Waals surface area (Å²) in [6.45, 7) is 11.6. The first-order chi connectivity index (χ1) is 34.7. The molecule has 0 bridgehead atoms. The second-order valence-corrected chi connectivity index (χ2v) is 20.2. The van der Waals surface area contributed by atoms with Crippen molar-refractivity contribution in [3.8, 4) is 0 Å². The van der Waals surface area contributed by atoms with Crippen LogP contribution in [0.2, 0.25) is 0 Å². The normalized spacial score (nSPS) is 16.1. The fraction of sp³-hybridized carbons (Fsp3) is 0.717. The summed E-state index contributed by atoms with van der Waals surface area (Å²) in [7, 11) is 0. The molecular formula is C46H78N12O17. The summed E-state index contributed by atoms with van der Waals surface area (Å²) in [5.41, 5.74) is 8.76. The zero-order valence-electron chi connectivity index (χ0n) is 44.1. The van der Waals surface area contributed by atoms with Crippen LogP contribution in [0, 0.1) is 5.92 Å². The predicted octanol–water partition coefficient (Wildman–Crippen LogP) is -5.00. The molecule has 0 unspecified atom stereocenters. The van der Waals surface area contributed by atoms with Gasteiger partial charge in [0, 0.05) is 19.4 Å². The fourth-order valence-electron chi connectivity index (χ4n) is 6.77. The molecule has 8 atom stereocenters. The molecule has 29 heteroatoms. The van der Waals surface area contributed by atoms with E-state index in [-0.39, 0.29) is 56.9 Å². The minimum atomic E-state index is -1.78. The quantitative estimate of drug-likeness (QED) is 0.0228. The van der Waals surface area contributed by atoms with Crippen LogP contribution in [-0.4, -0.2) is 173 Å². The highest BCUT2D eigenvalue weighted by molar-refractivity contribution is 5.98. The largest absolute Gasteiger partial charge is 0.458 e. The minimum Gasteiger partial charge on any atom is -0.458 e. The van der Waals surface area contributed by atoms with Crippen molar-refractivity contribution in [2.75, 3.05) is 26.3 Å². The van der Waals surface area contributed by atoms with E-state index in [0.717, 1.165) is 0 Å². The van der Waals surface area contributed by atoms with Crippen molar-refractivity contribution in [1.29, 1.82) is 0 Å². The van der Waals surface area contributed by atoms with Gasteiger partial charge < -0.3 is 84.3 Å². The average Bonchev–Trinajstić information content (AvgIpc) is 3.73. The first kappa shape index (κ1) is 65.8. The molecular weight excluding hydrogens is 993 g/mol. The highest BCUT2D eigenvalue weighted by Gasteiger charge is 2.35. The Morgan fingerprint density at radius 2 is 1.12 bits per heavy atom. The van der Waals surface area contributed by atoms with Gasteiger partial charge in [-0.1, -0.05) is 13.8 Å². The first-order valence-corrected chi connectivity index (χ1v) is 24.4. The van der Waals surface area contributed by atoms with Crippen molar-refractivity contribution in [3.05, 3.63) is 0 Å². The molecule has 29 nitrogen and oxygen atoms in total. The molecule has 1 aliphatic rings. The van der Waals surface area contributed by atoms with E-state index in [1.807, 2.05) is 0 Å². The van der Waals surface area contributed by atoms with Gasteiger partial charge in [-0.15, -0.1) is 0 Å². The molecule has 0 aromatic heterocycles. The van der Waals surface area contributed by atoms with Crippen LogP contribution in [0.5, 0.6) is 0 Å².